The molecule has 2 aromatic rings. The van der Waals surface area contributed by atoms with Crippen LogP contribution in [0, 0.1) is 0 Å². The summed E-state index contributed by atoms with van der Waals surface area (Å²) in [5.41, 5.74) is 2.22. The number of methoxy groups -OCH3 is 1. The van der Waals surface area contributed by atoms with Crippen molar-refractivity contribution in [3.63, 3.8) is 0 Å². The van der Waals surface area contributed by atoms with Crippen molar-refractivity contribution >= 4 is 10.0 Å². The van der Waals surface area contributed by atoms with Crippen molar-refractivity contribution in [3.8, 4) is 5.75 Å². The Kier molecular flexibility index (Phi) is 5.35. The topological polar surface area (TPSA) is 55.4 Å². The second-order valence-electron chi connectivity index (χ2n) is 6.89. The van der Waals surface area contributed by atoms with E-state index in [1.54, 1.807) is 19.2 Å². The average molecular weight is 347 g/mol. The first-order valence-electron chi connectivity index (χ1n) is 7.90. The summed E-state index contributed by atoms with van der Waals surface area (Å²) < 4.78 is 32.8. The minimum absolute atomic E-state index is 0.0738. The first kappa shape index (κ1) is 18.5. The lowest BCUT2D eigenvalue weighted by atomic mass is 9.86. The van der Waals surface area contributed by atoms with Crippen molar-refractivity contribution in [2.24, 2.45) is 0 Å². The maximum absolute atomic E-state index is 12.5. The van der Waals surface area contributed by atoms with Crippen molar-refractivity contribution in [1.29, 1.82) is 0 Å². The van der Waals surface area contributed by atoms with Crippen LogP contribution in [0.4, 0.5) is 0 Å². The van der Waals surface area contributed by atoms with E-state index in [0.29, 0.717) is 5.75 Å². The Bertz CT molecular complexity index is 773. The molecule has 0 aromatic heterocycles. The second-order valence-corrected chi connectivity index (χ2v) is 8.60. The van der Waals surface area contributed by atoms with Gasteiger partial charge in [0.2, 0.25) is 10.0 Å². The lowest BCUT2D eigenvalue weighted by Gasteiger charge is -2.20. The third-order valence-electron chi connectivity index (χ3n) is 3.98. The Hall–Kier alpha value is -1.85. The maximum atomic E-state index is 12.5. The molecule has 0 saturated heterocycles. The van der Waals surface area contributed by atoms with Crippen LogP contribution in [0.25, 0.3) is 0 Å². The molecule has 0 amide bonds. The molecule has 0 saturated carbocycles. The molecule has 1 N–H and O–H groups in total. The molecule has 24 heavy (non-hydrogen) atoms. The van der Waals surface area contributed by atoms with Crippen molar-refractivity contribution < 1.29 is 13.2 Å². The van der Waals surface area contributed by atoms with E-state index < -0.39 is 10.0 Å². The van der Waals surface area contributed by atoms with Gasteiger partial charge in [-0.05, 0) is 47.7 Å². The number of hydrogen-bond acceptors (Lipinski definition) is 3. The number of ether oxygens (including phenoxy) is 1. The third kappa shape index (κ3) is 4.36. The molecule has 130 valence electrons. The fourth-order valence-corrected chi connectivity index (χ4v) is 3.63. The molecule has 2 aromatic carbocycles. The molecular weight excluding hydrogens is 322 g/mol. The Balaban J connectivity index is 2.16. The van der Waals surface area contributed by atoms with Crippen molar-refractivity contribution in [3.05, 3.63) is 59.7 Å². The molecule has 4 nitrogen and oxygen atoms in total. The van der Waals surface area contributed by atoms with E-state index in [2.05, 4.69) is 25.5 Å². The van der Waals surface area contributed by atoms with Crippen molar-refractivity contribution in [2.75, 3.05) is 7.11 Å². The van der Waals surface area contributed by atoms with Crippen LogP contribution in [-0.4, -0.2) is 15.5 Å². The van der Waals surface area contributed by atoms with Crippen LogP contribution in [0.1, 0.15) is 44.9 Å². The predicted molar refractivity (Wildman–Crippen MR) is 96.9 cm³/mol. The van der Waals surface area contributed by atoms with Crippen LogP contribution in [0.3, 0.4) is 0 Å². The largest absolute Gasteiger partial charge is 0.497 e. The van der Waals surface area contributed by atoms with E-state index in [9.17, 15) is 8.42 Å². The zero-order chi connectivity index (χ0) is 18.0. The first-order chi connectivity index (χ1) is 11.1. The summed E-state index contributed by atoms with van der Waals surface area (Å²) in [7, 11) is -2.03. The Labute approximate surface area is 144 Å². The minimum atomic E-state index is -3.58. The maximum Gasteiger partial charge on any atom is 0.241 e. The fourth-order valence-electron chi connectivity index (χ4n) is 2.40. The van der Waals surface area contributed by atoms with Gasteiger partial charge in [-0.3, -0.25) is 0 Å². The summed E-state index contributed by atoms with van der Waals surface area (Å²) in [6.45, 7) is 8.29. The Morgan fingerprint density at radius 1 is 0.958 bits per heavy atom. The normalized spacial score (nSPS) is 13.5. The summed E-state index contributed by atoms with van der Waals surface area (Å²) in [6, 6.07) is 14.1. The summed E-state index contributed by atoms with van der Waals surface area (Å²) >= 11 is 0. The van der Waals surface area contributed by atoms with Gasteiger partial charge in [0.25, 0.3) is 0 Å². The highest BCUT2D eigenvalue weighted by Crippen LogP contribution is 2.25. The highest BCUT2D eigenvalue weighted by Gasteiger charge is 2.19. The summed E-state index contributed by atoms with van der Waals surface area (Å²) in [4.78, 5) is 0.224. The number of hydrogen-bond donors (Lipinski definition) is 1. The number of benzene rings is 2. The van der Waals surface area contributed by atoms with Gasteiger partial charge in [0.15, 0.2) is 0 Å². The van der Waals surface area contributed by atoms with Gasteiger partial charge >= 0.3 is 0 Å². The van der Waals surface area contributed by atoms with Gasteiger partial charge in [-0.15, -0.1) is 0 Å². The molecule has 0 bridgehead atoms. The lowest BCUT2D eigenvalue weighted by Crippen LogP contribution is -2.27. The second kappa shape index (κ2) is 6.95. The summed E-state index contributed by atoms with van der Waals surface area (Å²) in [5, 5.41) is 0. The van der Waals surface area contributed by atoms with Gasteiger partial charge in [-0.2, -0.15) is 0 Å². The molecule has 0 fully saturated rings. The highest BCUT2D eigenvalue weighted by atomic mass is 32.2. The van der Waals surface area contributed by atoms with Crippen LogP contribution in [0.15, 0.2) is 53.4 Å². The van der Waals surface area contributed by atoms with Crippen LogP contribution in [0.2, 0.25) is 0 Å². The summed E-state index contributed by atoms with van der Waals surface area (Å²) in [6.07, 6.45) is 0. The SMILES string of the molecule is COc1ccc(S(=O)(=O)N[C@@H](C)c2ccc(C(C)(C)C)cc2)cc1. The van der Waals surface area contributed by atoms with Gasteiger partial charge in [0.1, 0.15) is 5.75 Å². The monoisotopic (exact) mass is 347 g/mol. The lowest BCUT2D eigenvalue weighted by molar-refractivity contribution is 0.414. The van der Waals surface area contributed by atoms with Gasteiger partial charge in [-0.25, -0.2) is 13.1 Å². The first-order valence-corrected chi connectivity index (χ1v) is 9.38. The predicted octanol–water partition coefficient (Wildman–Crippen LogP) is 4.03. The van der Waals surface area contributed by atoms with E-state index in [0.717, 1.165) is 5.56 Å². The van der Waals surface area contributed by atoms with Crippen LogP contribution in [-0.2, 0) is 15.4 Å². The zero-order valence-electron chi connectivity index (χ0n) is 14.8. The summed E-state index contributed by atoms with van der Waals surface area (Å²) in [5.74, 6) is 0.625. The molecule has 0 aliphatic rings. The van der Waals surface area contributed by atoms with Crippen molar-refractivity contribution in [1.82, 2.24) is 4.72 Å². The number of rotatable bonds is 5. The standard InChI is InChI=1S/C19H25NO3S/c1-14(15-6-8-16(9-7-15)19(2,3)4)20-24(21,22)18-12-10-17(23-5)11-13-18/h6-14,20H,1-5H3/t14-/m0/s1. The fraction of sp³-hybridized carbons (Fsp3) is 0.368. The molecule has 0 heterocycles. The zero-order valence-corrected chi connectivity index (χ0v) is 15.6. The van der Waals surface area contributed by atoms with Crippen molar-refractivity contribution in [2.45, 2.75) is 44.0 Å². The van der Waals surface area contributed by atoms with Gasteiger partial charge < -0.3 is 4.74 Å². The smallest absolute Gasteiger partial charge is 0.241 e. The molecule has 1 atom stereocenters. The van der Waals surface area contributed by atoms with E-state index in [4.69, 9.17) is 4.74 Å². The van der Waals surface area contributed by atoms with Gasteiger partial charge in [0, 0.05) is 6.04 Å². The van der Waals surface area contributed by atoms with Crippen LogP contribution >= 0.6 is 0 Å². The van der Waals surface area contributed by atoms with Gasteiger partial charge in [0.05, 0.1) is 12.0 Å². The molecule has 0 spiro atoms. The Morgan fingerprint density at radius 3 is 1.96 bits per heavy atom. The molecular formula is C19H25NO3S. The number of sulfonamides is 1. The van der Waals surface area contributed by atoms with Gasteiger partial charge in [-0.1, -0.05) is 45.0 Å². The number of nitrogens with one attached hydrogen (secondary N) is 1. The van der Waals surface area contributed by atoms with E-state index in [1.165, 1.54) is 17.7 Å². The van der Waals surface area contributed by atoms with E-state index in [-0.39, 0.29) is 16.4 Å². The minimum Gasteiger partial charge on any atom is -0.497 e. The average Bonchev–Trinajstić information content (AvgIpc) is 2.54. The van der Waals surface area contributed by atoms with E-state index in [1.807, 2.05) is 31.2 Å². The molecule has 0 aliphatic carbocycles. The third-order valence-corrected chi connectivity index (χ3v) is 5.53. The molecule has 0 unspecified atom stereocenters. The Morgan fingerprint density at radius 2 is 1.50 bits per heavy atom. The molecule has 5 heteroatoms. The molecule has 2 rings (SSSR count). The molecule has 0 radical (unpaired) electrons. The molecule has 0 aliphatic heterocycles. The van der Waals surface area contributed by atoms with Crippen LogP contribution in [0.5, 0.6) is 5.75 Å². The van der Waals surface area contributed by atoms with Crippen LogP contribution < -0.4 is 9.46 Å². The highest BCUT2D eigenvalue weighted by molar-refractivity contribution is 7.89. The quantitative estimate of drug-likeness (QED) is 0.888. The van der Waals surface area contributed by atoms with E-state index >= 15 is 0 Å².